The number of aliphatic carboxylic acids is 1. The zero-order chi connectivity index (χ0) is 12.1. The van der Waals surface area contributed by atoms with Crippen molar-refractivity contribution in [1.82, 2.24) is 9.97 Å². The molecule has 1 atom stereocenters. The smallest absolute Gasteiger partial charge is 0.306 e. The Morgan fingerprint density at radius 2 is 2.25 bits per heavy atom. The Hall–Kier alpha value is -1.65. The lowest BCUT2D eigenvalue weighted by Gasteiger charge is -2.10. The first-order valence-electron chi connectivity index (χ1n) is 5.27. The predicted molar refractivity (Wildman–Crippen MR) is 61.4 cm³/mol. The highest BCUT2D eigenvalue weighted by Crippen LogP contribution is 2.09. The van der Waals surface area contributed by atoms with Crippen LogP contribution in [0.4, 0.5) is 5.82 Å². The lowest BCUT2D eigenvalue weighted by atomic mass is 10.1. The van der Waals surface area contributed by atoms with Crippen molar-refractivity contribution < 1.29 is 9.90 Å². The Morgan fingerprint density at radius 3 is 2.88 bits per heavy atom. The van der Waals surface area contributed by atoms with Crippen LogP contribution in [-0.2, 0) is 4.79 Å². The maximum absolute atomic E-state index is 10.6. The topological polar surface area (TPSA) is 75.1 Å². The van der Waals surface area contributed by atoms with Crippen LogP contribution in [0.5, 0.6) is 0 Å². The maximum Gasteiger partial charge on any atom is 0.306 e. The molecule has 5 nitrogen and oxygen atoms in total. The standard InChI is InChI=1S/C11H17N3O2/c1-7(11(15)16)4-5-12-10-9(3)13-6-8(2)14-10/h6-7H,4-5H2,1-3H3,(H,12,14)(H,15,16). The Labute approximate surface area is 94.9 Å². The zero-order valence-corrected chi connectivity index (χ0v) is 9.82. The van der Waals surface area contributed by atoms with Gasteiger partial charge in [-0.25, -0.2) is 4.98 Å². The van der Waals surface area contributed by atoms with Crippen molar-refractivity contribution >= 4 is 11.8 Å². The number of aromatic nitrogens is 2. The molecule has 1 unspecified atom stereocenters. The first-order valence-corrected chi connectivity index (χ1v) is 5.27. The summed E-state index contributed by atoms with van der Waals surface area (Å²) in [6, 6.07) is 0. The Kier molecular flexibility index (Phi) is 4.22. The second-order valence-electron chi connectivity index (χ2n) is 3.90. The van der Waals surface area contributed by atoms with E-state index < -0.39 is 5.97 Å². The van der Waals surface area contributed by atoms with Crippen molar-refractivity contribution in [2.24, 2.45) is 5.92 Å². The third kappa shape index (κ3) is 3.49. The largest absolute Gasteiger partial charge is 0.481 e. The fourth-order valence-corrected chi connectivity index (χ4v) is 1.24. The van der Waals surface area contributed by atoms with Crippen molar-refractivity contribution in [2.75, 3.05) is 11.9 Å². The van der Waals surface area contributed by atoms with Crippen LogP contribution in [0, 0.1) is 19.8 Å². The van der Waals surface area contributed by atoms with Crippen LogP contribution in [0.1, 0.15) is 24.7 Å². The summed E-state index contributed by atoms with van der Waals surface area (Å²) < 4.78 is 0. The number of hydrogen-bond acceptors (Lipinski definition) is 4. The SMILES string of the molecule is Cc1cnc(C)c(NCCC(C)C(=O)O)n1. The molecular weight excluding hydrogens is 206 g/mol. The molecule has 0 aliphatic rings. The van der Waals surface area contributed by atoms with Gasteiger partial charge in [-0.3, -0.25) is 9.78 Å². The summed E-state index contributed by atoms with van der Waals surface area (Å²) in [5, 5.41) is 11.8. The quantitative estimate of drug-likeness (QED) is 0.793. The van der Waals surface area contributed by atoms with E-state index in [1.54, 1.807) is 13.1 Å². The van der Waals surface area contributed by atoms with E-state index >= 15 is 0 Å². The minimum atomic E-state index is -0.770. The van der Waals surface area contributed by atoms with E-state index in [4.69, 9.17) is 5.11 Å². The van der Waals surface area contributed by atoms with Gasteiger partial charge in [0.25, 0.3) is 0 Å². The van der Waals surface area contributed by atoms with Gasteiger partial charge in [-0.05, 0) is 20.3 Å². The molecule has 0 fully saturated rings. The molecule has 0 radical (unpaired) electrons. The molecule has 0 spiro atoms. The molecule has 0 saturated carbocycles. The van der Waals surface area contributed by atoms with Crippen LogP contribution in [0.2, 0.25) is 0 Å². The van der Waals surface area contributed by atoms with Gasteiger partial charge in [-0.1, -0.05) is 6.92 Å². The summed E-state index contributed by atoms with van der Waals surface area (Å²) in [6.45, 7) is 6.03. The molecule has 0 saturated heterocycles. The van der Waals surface area contributed by atoms with Crippen molar-refractivity contribution in [3.8, 4) is 0 Å². The predicted octanol–water partition coefficient (Wildman–Crippen LogP) is 1.62. The first kappa shape index (κ1) is 12.4. The number of nitrogens with one attached hydrogen (secondary N) is 1. The van der Waals surface area contributed by atoms with Crippen LogP contribution < -0.4 is 5.32 Å². The Balaban J connectivity index is 2.48. The number of carboxylic acids is 1. The molecule has 0 amide bonds. The zero-order valence-electron chi connectivity index (χ0n) is 9.82. The van der Waals surface area contributed by atoms with Crippen molar-refractivity contribution in [2.45, 2.75) is 27.2 Å². The van der Waals surface area contributed by atoms with Crippen LogP contribution in [0.15, 0.2) is 6.20 Å². The number of anilines is 1. The average molecular weight is 223 g/mol. The molecule has 16 heavy (non-hydrogen) atoms. The molecule has 1 aromatic rings. The summed E-state index contributed by atoms with van der Waals surface area (Å²) in [4.78, 5) is 19.1. The number of aryl methyl sites for hydroxylation is 2. The average Bonchev–Trinajstić information content (AvgIpc) is 2.22. The third-order valence-corrected chi connectivity index (χ3v) is 2.37. The van der Waals surface area contributed by atoms with Gasteiger partial charge in [-0.2, -0.15) is 0 Å². The molecule has 0 bridgehead atoms. The van der Waals surface area contributed by atoms with Gasteiger partial charge in [0.2, 0.25) is 0 Å². The van der Waals surface area contributed by atoms with Crippen molar-refractivity contribution in [1.29, 1.82) is 0 Å². The molecule has 0 aliphatic heterocycles. The highest BCUT2D eigenvalue weighted by atomic mass is 16.4. The molecule has 1 heterocycles. The molecule has 0 aliphatic carbocycles. The molecule has 88 valence electrons. The number of rotatable bonds is 5. The second kappa shape index (κ2) is 5.44. The molecule has 2 N–H and O–H groups in total. The van der Waals surface area contributed by atoms with Gasteiger partial charge in [0.1, 0.15) is 5.82 Å². The summed E-state index contributed by atoms with van der Waals surface area (Å²) in [7, 11) is 0. The fourth-order valence-electron chi connectivity index (χ4n) is 1.24. The van der Waals surface area contributed by atoms with Crippen LogP contribution in [0.25, 0.3) is 0 Å². The van der Waals surface area contributed by atoms with E-state index in [0.29, 0.717) is 13.0 Å². The Bertz CT molecular complexity index is 379. The van der Waals surface area contributed by atoms with E-state index in [2.05, 4.69) is 15.3 Å². The highest BCUT2D eigenvalue weighted by molar-refractivity contribution is 5.69. The Morgan fingerprint density at radius 1 is 1.56 bits per heavy atom. The highest BCUT2D eigenvalue weighted by Gasteiger charge is 2.10. The van der Waals surface area contributed by atoms with Gasteiger partial charge in [0.05, 0.1) is 17.3 Å². The number of carboxylic acid groups (broad SMARTS) is 1. The summed E-state index contributed by atoms with van der Waals surface area (Å²) >= 11 is 0. The monoisotopic (exact) mass is 223 g/mol. The fraction of sp³-hybridized carbons (Fsp3) is 0.545. The summed E-state index contributed by atoms with van der Waals surface area (Å²) in [5.41, 5.74) is 1.67. The van der Waals surface area contributed by atoms with Crippen LogP contribution in [-0.4, -0.2) is 27.6 Å². The molecule has 1 rings (SSSR count). The molecular formula is C11H17N3O2. The van der Waals surface area contributed by atoms with E-state index in [9.17, 15) is 4.79 Å². The van der Waals surface area contributed by atoms with Gasteiger partial charge < -0.3 is 10.4 Å². The summed E-state index contributed by atoms with van der Waals surface area (Å²) in [6.07, 6.45) is 2.28. The lowest BCUT2D eigenvalue weighted by Crippen LogP contribution is -2.15. The van der Waals surface area contributed by atoms with E-state index in [1.807, 2.05) is 13.8 Å². The summed E-state index contributed by atoms with van der Waals surface area (Å²) in [5.74, 6) is -0.378. The van der Waals surface area contributed by atoms with E-state index in [1.165, 1.54) is 0 Å². The number of carbonyl (C=O) groups is 1. The maximum atomic E-state index is 10.6. The van der Waals surface area contributed by atoms with Gasteiger partial charge >= 0.3 is 5.97 Å². The molecule has 0 aromatic carbocycles. The minimum absolute atomic E-state index is 0.342. The van der Waals surface area contributed by atoms with Gasteiger partial charge in [0, 0.05) is 12.7 Å². The molecule has 1 aromatic heterocycles. The lowest BCUT2D eigenvalue weighted by molar-refractivity contribution is -0.141. The third-order valence-electron chi connectivity index (χ3n) is 2.37. The first-order chi connectivity index (χ1) is 7.50. The van der Waals surface area contributed by atoms with E-state index in [0.717, 1.165) is 17.2 Å². The second-order valence-corrected chi connectivity index (χ2v) is 3.90. The number of hydrogen-bond donors (Lipinski definition) is 2. The van der Waals surface area contributed by atoms with Crippen LogP contribution >= 0.6 is 0 Å². The number of nitrogens with zero attached hydrogens (tertiary/aromatic N) is 2. The van der Waals surface area contributed by atoms with Gasteiger partial charge in [-0.15, -0.1) is 0 Å². The molecule has 5 heteroatoms. The van der Waals surface area contributed by atoms with Crippen molar-refractivity contribution in [3.05, 3.63) is 17.6 Å². The normalized spacial score (nSPS) is 12.2. The van der Waals surface area contributed by atoms with Crippen molar-refractivity contribution in [3.63, 3.8) is 0 Å². The van der Waals surface area contributed by atoms with E-state index in [-0.39, 0.29) is 5.92 Å². The van der Waals surface area contributed by atoms with Crippen LogP contribution in [0.3, 0.4) is 0 Å². The minimum Gasteiger partial charge on any atom is -0.481 e. The van der Waals surface area contributed by atoms with Gasteiger partial charge in [0.15, 0.2) is 0 Å².